The van der Waals surface area contributed by atoms with Crippen molar-refractivity contribution in [3.05, 3.63) is 66.3 Å². The Kier molecular flexibility index (Phi) is 6.15. The molecule has 30 heavy (non-hydrogen) atoms. The summed E-state index contributed by atoms with van der Waals surface area (Å²) in [5.41, 5.74) is 0.932. The summed E-state index contributed by atoms with van der Waals surface area (Å²) in [6, 6.07) is 13.4. The van der Waals surface area contributed by atoms with Crippen LogP contribution in [0.4, 0.5) is 0 Å². The van der Waals surface area contributed by atoms with E-state index < -0.39 is 11.6 Å². The molecule has 1 fully saturated rings. The number of pyridine rings is 1. The van der Waals surface area contributed by atoms with Gasteiger partial charge in [-0.3, -0.25) is 9.78 Å². The largest absolute Gasteiger partial charge is 0.389 e. The molecule has 1 aromatic carbocycles. The van der Waals surface area contributed by atoms with Crippen LogP contribution < -0.4 is 10.6 Å². The molecule has 0 spiro atoms. The SMILES string of the molecule is O=C(CCCc1nc(-c2cccnc2)no1)N[C@]1(c2ccccc2)CCNC[C@H]1O. The first-order valence-corrected chi connectivity index (χ1v) is 10.2. The number of aryl methyl sites for hydroxylation is 1. The highest BCUT2D eigenvalue weighted by molar-refractivity contribution is 5.77. The fraction of sp³-hybridized carbons (Fsp3) is 0.364. The average Bonchev–Trinajstić information content (AvgIpc) is 3.26. The van der Waals surface area contributed by atoms with E-state index in [2.05, 4.69) is 25.8 Å². The van der Waals surface area contributed by atoms with Gasteiger partial charge in [-0.1, -0.05) is 35.5 Å². The van der Waals surface area contributed by atoms with Gasteiger partial charge in [0.1, 0.15) is 0 Å². The van der Waals surface area contributed by atoms with Crippen LogP contribution in [-0.2, 0) is 16.8 Å². The van der Waals surface area contributed by atoms with E-state index in [0.29, 0.717) is 43.9 Å². The molecule has 3 N–H and O–H groups in total. The minimum atomic E-state index is -0.776. The maximum Gasteiger partial charge on any atom is 0.226 e. The molecule has 0 radical (unpaired) electrons. The minimum Gasteiger partial charge on any atom is -0.389 e. The van der Waals surface area contributed by atoms with Crippen molar-refractivity contribution in [1.82, 2.24) is 25.8 Å². The standard InChI is InChI=1S/C22H25N5O3/c28-18-15-24-13-11-22(18,17-7-2-1-3-8-17)26-19(29)9-4-10-20-25-21(27-30-20)16-6-5-12-23-14-16/h1-3,5-8,12,14,18,24,28H,4,9-11,13,15H2,(H,26,29)/t18-,22+/m1/s1. The number of aromatic nitrogens is 3. The molecule has 0 saturated carbocycles. The predicted molar refractivity (Wildman–Crippen MR) is 110 cm³/mol. The summed E-state index contributed by atoms with van der Waals surface area (Å²) < 4.78 is 5.29. The third-order valence-corrected chi connectivity index (χ3v) is 5.44. The molecule has 4 rings (SSSR count). The zero-order chi connectivity index (χ0) is 20.8. The third-order valence-electron chi connectivity index (χ3n) is 5.44. The Morgan fingerprint density at radius 3 is 2.90 bits per heavy atom. The van der Waals surface area contributed by atoms with Gasteiger partial charge in [-0.05, 0) is 37.1 Å². The first kappa shape index (κ1) is 20.2. The summed E-state index contributed by atoms with van der Waals surface area (Å²) in [5, 5.41) is 21.0. The normalized spacial score (nSPS) is 21.3. The van der Waals surface area contributed by atoms with E-state index in [-0.39, 0.29) is 5.91 Å². The highest BCUT2D eigenvalue weighted by Crippen LogP contribution is 2.31. The van der Waals surface area contributed by atoms with Gasteiger partial charge in [0.2, 0.25) is 17.6 Å². The van der Waals surface area contributed by atoms with Gasteiger partial charge < -0.3 is 20.3 Å². The summed E-state index contributed by atoms with van der Waals surface area (Å²) in [6.45, 7) is 1.17. The van der Waals surface area contributed by atoms with Crippen molar-refractivity contribution in [1.29, 1.82) is 0 Å². The Balaban J connectivity index is 1.36. The van der Waals surface area contributed by atoms with E-state index in [1.807, 2.05) is 42.5 Å². The number of nitrogens with one attached hydrogen (secondary N) is 2. The van der Waals surface area contributed by atoms with Crippen LogP contribution in [0.5, 0.6) is 0 Å². The molecule has 0 unspecified atom stereocenters. The molecule has 8 heteroatoms. The lowest BCUT2D eigenvalue weighted by Gasteiger charge is -2.43. The van der Waals surface area contributed by atoms with E-state index in [1.54, 1.807) is 12.4 Å². The number of benzene rings is 1. The van der Waals surface area contributed by atoms with E-state index >= 15 is 0 Å². The van der Waals surface area contributed by atoms with Gasteiger partial charge in [-0.15, -0.1) is 0 Å². The molecule has 1 saturated heterocycles. The highest BCUT2D eigenvalue weighted by Gasteiger charge is 2.42. The summed E-state index contributed by atoms with van der Waals surface area (Å²) in [7, 11) is 0. The van der Waals surface area contributed by atoms with Crippen molar-refractivity contribution >= 4 is 5.91 Å². The van der Waals surface area contributed by atoms with Crippen LogP contribution in [-0.4, -0.2) is 45.3 Å². The van der Waals surface area contributed by atoms with Crippen LogP contribution in [0, 0.1) is 0 Å². The topological polar surface area (TPSA) is 113 Å². The second kappa shape index (κ2) is 9.15. The van der Waals surface area contributed by atoms with Gasteiger partial charge in [0, 0.05) is 37.3 Å². The lowest BCUT2D eigenvalue weighted by molar-refractivity contribution is -0.125. The predicted octanol–water partition coefficient (Wildman–Crippen LogP) is 1.82. The second-order valence-corrected chi connectivity index (χ2v) is 7.46. The molecule has 1 aliphatic rings. The number of carbonyl (C=O) groups is 1. The minimum absolute atomic E-state index is 0.105. The molecular weight excluding hydrogens is 382 g/mol. The smallest absolute Gasteiger partial charge is 0.226 e. The highest BCUT2D eigenvalue weighted by atomic mass is 16.5. The lowest BCUT2D eigenvalue weighted by Crippen LogP contribution is -2.61. The molecule has 1 amide bonds. The maximum absolute atomic E-state index is 12.7. The Labute approximate surface area is 174 Å². The van der Waals surface area contributed by atoms with Crippen molar-refractivity contribution in [2.75, 3.05) is 13.1 Å². The van der Waals surface area contributed by atoms with Crippen LogP contribution in [0.3, 0.4) is 0 Å². The van der Waals surface area contributed by atoms with Gasteiger partial charge in [-0.25, -0.2) is 0 Å². The van der Waals surface area contributed by atoms with Gasteiger partial charge in [0.05, 0.1) is 11.6 Å². The summed E-state index contributed by atoms with van der Waals surface area (Å²) in [6.07, 6.45) is 4.67. The molecule has 3 aromatic rings. The number of rotatable bonds is 7. The number of β-amino-alcohol motifs (C(OH)–C–C–N with tert-alkyl or cyclic N) is 1. The second-order valence-electron chi connectivity index (χ2n) is 7.46. The molecule has 3 heterocycles. The Bertz CT molecular complexity index is 963. The average molecular weight is 407 g/mol. The molecule has 156 valence electrons. The monoisotopic (exact) mass is 407 g/mol. The molecule has 2 aromatic heterocycles. The fourth-order valence-corrected chi connectivity index (χ4v) is 3.84. The number of piperidine rings is 1. The Hall–Kier alpha value is -3.10. The van der Waals surface area contributed by atoms with Crippen molar-refractivity contribution in [3.63, 3.8) is 0 Å². The van der Waals surface area contributed by atoms with Crippen LogP contribution in [0.25, 0.3) is 11.4 Å². The Morgan fingerprint density at radius 1 is 1.27 bits per heavy atom. The number of nitrogens with zero attached hydrogens (tertiary/aromatic N) is 3. The summed E-state index contributed by atoms with van der Waals surface area (Å²) >= 11 is 0. The molecule has 8 nitrogen and oxygen atoms in total. The van der Waals surface area contributed by atoms with Gasteiger partial charge in [0.15, 0.2) is 0 Å². The lowest BCUT2D eigenvalue weighted by atomic mass is 9.79. The number of amides is 1. The van der Waals surface area contributed by atoms with Gasteiger partial charge in [0.25, 0.3) is 0 Å². The van der Waals surface area contributed by atoms with Crippen molar-refractivity contribution in [3.8, 4) is 11.4 Å². The van der Waals surface area contributed by atoms with Gasteiger partial charge in [-0.2, -0.15) is 4.98 Å². The fourth-order valence-electron chi connectivity index (χ4n) is 3.84. The first-order chi connectivity index (χ1) is 14.7. The van der Waals surface area contributed by atoms with Crippen molar-refractivity contribution in [2.24, 2.45) is 0 Å². The molecule has 2 atom stereocenters. The van der Waals surface area contributed by atoms with Crippen LogP contribution in [0.1, 0.15) is 30.7 Å². The zero-order valence-corrected chi connectivity index (χ0v) is 16.6. The number of hydrogen-bond acceptors (Lipinski definition) is 7. The number of aliphatic hydroxyl groups excluding tert-OH is 1. The maximum atomic E-state index is 12.7. The summed E-state index contributed by atoms with van der Waals surface area (Å²) in [5.74, 6) is 0.872. The number of carbonyl (C=O) groups excluding carboxylic acids is 1. The van der Waals surface area contributed by atoms with E-state index in [1.165, 1.54) is 0 Å². The van der Waals surface area contributed by atoms with E-state index in [4.69, 9.17) is 4.52 Å². The summed E-state index contributed by atoms with van der Waals surface area (Å²) in [4.78, 5) is 21.2. The van der Waals surface area contributed by atoms with E-state index in [9.17, 15) is 9.90 Å². The van der Waals surface area contributed by atoms with E-state index in [0.717, 1.165) is 17.7 Å². The van der Waals surface area contributed by atoms with Crippen LogP contribution in [0.15, 0.2) is 59.4 Å². The quantitative estimate of drug-likeness (QED) is 0.547. The van der Waals surface area contributed by atoms with Crippen LogP contribution >= 0.6 is 0 Å². The molecule has 0 bridgehead atoms. The van der Waals surface area contributed by atoms with Crippen LogP contribution in [0.2, 0.25) is 0 Å². The van der Waals surface area contributed by atoms with Gasteiger partial charge >= 0.3 is 0 Å². The molecule has 1 aliphatic heterocycles. The number of hydrogen-bond donors (Lipinski definition) is 3. The zero-order valence-electron chi connectivity index (χ0n) is 16.6. The molecule has 0 aliphatic carbocycles. The Morgan fingerprint density at radius 2 is 2.13 bits per heavy atom. The van der Waals surface area contributed by atoms with Crippen molar-refractivity contribution in [2.45, 2.75) is 37.3 Å². The molecular formula is C22H25N5O3. The number of aliphatic hydroxyl groups is 1. The third kappa shape index (κ3) is 4.39. The van der Waals surface area contributed by atoms with Crippen molar-refractivity contribution < 1.29 is 14.4 Å². The first-order valence-electron chi connectivity index (χ1n) is 10.2.